The lowest BCUT2D eigenvalue weighted by atomic mass is 10.1. The lowest BCUT2D eigenvalue weighted by Crippen LogP contribution is -2.36. The zero-order chi connectivity index (χ0) is 14.4. The van der Waals surface area contributed by atoms with Crippen molar-refractivity contribution in [1.82, 2.24) is 10.3 Å². The van der Waals surface area contributed by atoms with E-state index in [4.69, 9.17) is 0 Å². The van der Waals surface area contributed by atoms with Gasteiger partial charge in [-0.05, 0) is 30.2 Å². The van der Waals surface area contributed by atoms with E-state index in [1.165, 1.54) is 0 Å². The van der Waals surface area contributed by atoms with Crippen LogP contribution in [0.4, 0.5) is 0 Å². The minimum Gasteiger partial charge on any atom is -0.480 e. The summed E-state index contributed by atoms with van der Waals surface area (Å²) in [4.78, 5) is 15.4. The highest BCUT2D eigenvalue weighted by Gasteiger charge is 2.15. The number of rotatable bonds is 7. The molecule has 4 nitrogen and oxygen atoms in total. The molecule has 2 aromatic rings. The van der Waals surface area contributed by atoms with E-state index in [-0.39, 0.29) is 0 Å². The molecule has 4 heteroatoms. The number of hydrogen-bond acceptors (Lipinski definition) is 3. The molecule has 0 aliphatic carbocycles. The van der Waals surface area contributed by atoms with Crippen LogP contribution >= 0.6 is 0 Å². The van der Waals surface area contributed by atoms with Gasteiger partial charge < -0.3 is 10.4 Å². The van der Waals surface area contributed by atoms with E-state index in [9.17, 15) is 9.90 Å². The fourth-order valence-corrected chi connectivity index (χ4v) is 2.20. The van der Waals surface area contributed by atoms with Crippen molar-refractivity contribution in [3.05, 3.63) is 42.1 Å². The van der Waals surface area contributed by atoms with Crippen molar-refractivity contribution < 1.29 is 9.90 Å². The number of carbonyl (C=O) groups is 1. The second-order valence-electron chi connectivity index (χ2n) is 4.94. The third-order valence-electron chi connectivity index (χ3n) is 3.36. The van der Waals surface area contributed by atoms with Crippen LogP contribution in [0.15, 0.2) is 36.5 Å². The molecule has 1 heterocycles. The zero-order valence-electron chi connectivity index (χ0n) is 11.7. The predicted octanol–water partition coefficient (Wildman–Crippen LogP) is 2.97. The highest BCUT2D eigenvalue weighted by molar-refractivity contribution is 5.79. The molecule has 2 rings (SSSR count). The number of benzene rings is 1. The molecule has 0 saturated carbocycles. The van der Waals surface area contributed by atoms with Gasteiger partial charge in [-0.15, -0.1) is 0 Å². The number of nitrogens with one attached hydrogen (secondary N) is 1. The average Bonchev–Trinajstić information content (AvgIpc) is 2.46. The molecule has 0 bridgehead atoms. The maximum atomic E-state index is 11.2. The molecule has 1 aromatic heterocycles. The molecule has 0 spiro atoms. The lowest BCUT2D eigenvalue weighted by molar-refractivity contribution is -0.139. The minimum absolute atomic E-state index is 0.473. The van der Waals surface area contributed by atoms with Crippen LogP contribution in [0, 0.1) is 0 Å². The van der Waals surface area contributed by atoms with Crippen LogP contribution in [-0.4, -0.2) is 22.1 Å². The molecule has 1 atom stereocenters. The summed E-state index contributed by atoms with van der Waals surface area (Å²) >= 11 is 0. The summed E-state index contributed by atoms with van der Waals surface area (Å²) in [5.74, 6) is -0.777. The van der Waals surface area contributed by atoms with Crippen molar-refractivity contribution in [3.63, 3.8) is 0 Å². The standard InChI is InChI=1S/C16H20N2O2/c1-2-3-6-15(16(19)20)18-11-12-7-8-14-13(10-12)5-4-9-17-14/h4-5,7-10,15,18H,2-3,6,11H2,1H3,(H,19,20)/t15-/m0/s1. The van der Waals surface area contributed by atoms with Crippen LogP contribution in [0.2, 0.25) is 0 Å². The number of nitrogens with zero attached hydrogens (tertiary/aromatic N) is 1. The first kappa shape index (κ1) is 14.5. The second-order valence-corrected chi connectivity index (χ2v) is 4.94. The minimum atomic E-state index is -0.777. The van der Waals surface area contributed by atoms with Crippen molar-refractivity contribution in [2.24, 2.45) is 0 Å². The number of fused-ring (bicyclic) bond motifs is 1. The van der Waals surface area contributed by atoms with Gasteiger partial charge in [0.15, 0.2) is 0 Å². The zero-order valence-corrected chi connectivity index (χ0v) is 11.7. The van der Waals surface area contributed by atoms with Crippen molar-refractivity contribution in [1.29, 1.82) is 0 Å². The Morgan fingerprint density at radius 3 is 3.00 bits per heavy atom. The molecule has 0 fully saturated rings. The molecule has 0 saturated heterocycles. The largest absolute Gasteiger partial charge is 0.480 e. The van der Waals surface area contributed by atoms with Gasteiger partial charge in [-0.3, -0.25) is 9.78 Å². The maximum absolute atomic E-state index is 11.2. The van der Waals surface area contributed by atoms with Gasteiger partial charge in [-0.2, -0.15) is 0 Å². The molecule has 0 radical (unpaired) electrons. The maximum Gasteiger partial charge on any atom is 0.320 e. The molecule has 20 heavy (non-hydrogen) atoms. The molecule has 0 amide bonds. The quantitative estimate of drug-likeness (QED) is 0.813. The Morgan fingerprint density at radius 1 is 1.40 bits per heavy atom. The highest BCUT2D eigenvalue weighted by atomic mass is 16.4. The summed E-state index contributed by atoms with van der Waals surface area (Å²) in [6.45, 7) is 2.63. The van der Waals surface area contributed by atoms with Crippen LogP contribution in [-0.2, 0) is 11.3 Å². The van der Waals surface area contributed by atoms with Crippen molar-refractivity contribution in [3.8, 4) is 0 Å². The number of hydrogen-bond donors (Lipinski definition) is 2. The molecule has 0 aliphatic rings. The average molecular weight is 272 g/mol. The molecular formula is C16H20N2O2. The van der Waals surface area contributed by atoms with Crippen LogP contribution in [0.25, 0.3) is 10.9 Å². The topological polar surface area (TPSA) is 62.2 Å². The monoisotopic (exact) mass is 272 g/mol. The van der Waals surface area contributed by atoms with E-state index < -0.39 is 12.0 Å². The van der Waals surface area contributed by atoms with Gasteiger partial charge in [0.05, 0.1) is 5.52 Å². The third-order valence-corrected chi connectivity index (χ3v) is 3.36. The SMILES string of the molecule is CCCC[C@H](NCc1ccc2ncccc2c1)C(=O)O. The summed E-state index contributed by atoms with van der Waals surface area (Å²) in [5, 5.41) is 13.4. The number of carboxylic acids is 1. The molecule has 1 aromatic carbocycles. The fourth-order valence-electron chi connectivity index (χ4n) is 2.20. The van der Waals surface area contributed by atoms with Crippen LogP contribution in [0.3, 0.4) is 0 Å². The van der Waals surface area contributed by atoms with Gasteiger partial charge >= 0.3 is 5.97 Å². The van der Waals surface area contributed by atoms with Gasteiger partial charge in [0.1, 0.15) is 6.04 Å². The molecule has 0 aliphatic heterocycles. The summed E-state index contributed by atoms with van der Waals surface area (Å²) in [5.41, 5.74) is 2.03. The summed E-state index contributed by atoms with van der Waals surface area (Å²) in [7, 11) is 0. The van der Waals surface area contributed by atoms with E-state index in [2.05, 4.69) is 17.2 Å². The van der Waals surface area contributed by atoms with E-state index in [0.29, 0.717) is 13.0 Å². The Balaban J connectivity index is 2.01. The van der Waals surface area contributed by atoms with E-state index >= 15 is 0 Å². The Kier molecular flexibility index (Phi) is 5.07. The molecule has 106 valence electrons. The smallest absolute Gasteiger partial charge is 0.320 e. The highest BCUT2D eigenvalue weighted by Crippen LogP contribution is 2.13. The third kappa shape index (κ3) is 3.78. The Labute approximate surface area is 118 Å². The Morgan fingerprint density at radius 2 is 2.25 bits per heavy atom. The fraction of sp³-hybridized carbons (Fsp3) is 0.375. The first-order valence-electron chi connectivity index (χ1n) is 7.00. The molecular weight excluding hydrogens is 252 g/mol. The molecule has 0 unspecified atom stereocenters. The number of carboxylic acid groups (broad SMARTS) is 1. The van der Waals surface area contributed by atoms with Gasteiger partial charge in [-0.1, -0.05) is 31.9 Å². The van der Waals surface area contributed by atoms with Crippen molar-refractivity contribution >= 4 is 16.9 Å². The molecule has 2 N–H and O–H groups in total. The Bertz CT molecular complexity index is 583. The van der Waals surface area contributed by atoms with E-state index in [1.54, 1.807) is 6.20 Å². The van der Waals surface area contributed by atoms with Gasteiger partial charge in [0.2, 0.25) is 0 Å². The van der Waals surface area contributed by atoms with E-state index in [0.717, 1.165) is 29.3 Å². The number of aromatic nitrogens is 1. The van der Waals surface area contributed by atoms with Crippen LogP contribution in [0.1, 0.15) is 31.7 Å². The Hall–Kier alpha value is -1.94. The summed E-state index contributed by atoms with van der Waals surface area (Å²) in [6, 6.07) is 9.45. The number of pyridine rings is 1. The second kappa shape index (κ2) is 7.01. The van der Waals surface area contributed by atoms with E-state index in [1.807, 2.05) is 30.3 Å². The normalized spacial score (nSPS) is 12.4. The van der Waals surface area contributed by atoms with Crippen LogP contribution in [0.5, 0.6) is 0 Å². The number of aliphatic carboxylic acids is 1. The van der Waals surface area contributed by atoms with Gasteiger partial charge in [0.25, 0.3) is 0 Å². The first-order chi connectivity index (χ1) is 9.70. The summed E-state index contributed by atoms with van der Waals surface area (Å²) in [6.07, 6.45) is 4.37. The number of unbranched alkanes of at least 4 members (excludes halogenated alkanes) is 1. The van der Waals surface area contributed by atoms with Gasteiger partial charge in [0, 0.05) is 18.1 Å². The lowest BCUT2D eigenvalue weighted by Gasteiger charge is -2.14. The predicted molar refractivity (Wildman–Crippen MR) is 79.5 cm³/mol. The van der Waals surface area contributed by atoms with Crippen molar-refractivity contribution in [2.75, 3.05) is 0 Å². The summed E-state index contributed by atoms with van der Waals surface area (Å²) < 4.78 is 0. The van der Waals surface area contributed by atoms with Crippen molar-refractivity contribution in [2.45, 2.75) is 38.8 Å². The van der Waals surface area contributed by atoms with Crippen LogP contribution < -0.4 is 5.32 Å². The first-order valence-corrected chi connectivity index (χ1v) is 7.00. The van der Waals surface area contributed by atoms with Gasteiger partial charge in [-0.25, -0.2) is 0 Å².